The summed E-state index contributed by atoms with van der Waals surface area (Å²) < 4.78 is 1.87. The zero-order valence-corrected chi connectivity index (χ0v) is 11.5. The minimum atomic E-state index is 0.960. The van der Waals surface area contributed by atoms with Gasteiger partial charge in [-0.05, 0) is 20.3 Å². The van der Waals surface area contributed by atoms with E-state index in [1.54, 1.807) is 22.7 Å². The molecule has 0 fully saturated rings. The van der Waals surface area contributed by atoms with Crippen molar-refractivity contribution >= 4 is 27.6 Å². The van der Waals surface area contributed by atoms with Crippen LogP contribution in [0, 0.1) is 13.8 Å². The van der Waals surface area contributed by atoms with Crippen molar-refractivity contribution in [3.05, 3.63) is 21.9 Å². The lowest BCUT2D eigenvalue weighted by molar-refractivity contribution is 0.910. The SMILES string of the molecule is CCc1nn2cc(-c3sc(C)nc3C)nc2s1. The standard InChI is InChI=1S/C11H12N4S2/c1-4-9-14-15-5-8(13-11(15)17-9)10-6(2)12-7(3)16-10/h5H,4H2,1-3H3. The van der Waals surface area contributed by atoms with Gasteiger partial charge in [-0.1, -0.05) is 18.3 Å². The summed E-state index contributed by atoms with van der Waals surface area (Å²) in [6.07, 6.45) is 2.95. The van der Waals surface area contributed by atoms with Crippen LogP contribution in [-0.2, 0) is 6.42 Å². The molecule has 0 unspecified atom stereocenters. The molecule has 3 rings (SSSR count). The maximum atomic E-state index is 4.62. The Bertz CT molecular complexity index is 645. The molecule has 0 N–H and O–H groups in total. The zero-order chi connectivity index (χ0) is 12.0. The number of aromatic nitrogens is 4. The van der Waals surface area contributed by atoms with Crippen molar-refractivity contribution in [3.8, 4) is 10.6 Å². The lowest BCUT2D eigenvalue weighted by Gasteiger charge is -1.89. The van der Waals surface area contributed by atoms with Crippen LogP contribution in [0.3, 0.4) is 0 Å². The Morgan fingerprint density at radius 1 is 1.24 bits per heavy atom. The van der Waals surface area contributed by atoms with Crippen molar-refractivity contribution in [2.75, 3.05) is 0 Å². The molecule has 0 saturated heterocycles. The second kappa shape index (κ2) is 3.89. The highest BCUT2D eigenvalue weighted by molar-refractivity contribution is 7.17. The molecule has 3 heterocycles. The lowest BCUT2D eigenvalue weighted by Crippen LogP contribution is -1.83. The first-order valence-electron chi connectivity index (χ1n) is 5.47. The number of nitrogens with zero attached hydrogens (tertiary/aromatic N) is 4. The Morgan fingerprint density at radius 2 is 2.06 bits per heavy atom. The normalized spacial score (nSPS) is 11.5. The van der Waals surface area contributed by atoms with Gasteiger partial charge in [0, 0.05) is 0 Å². The molecule has 0 aliphatic heterocycles. The highest BCUT2D eigenvalue weighted by Crippen LogP contribution is 2.30. The largest absolute Gasteiger partial charge is 0.246 e. The molecule has 0 amide bonds. The molecule has 88 valence electrons. The summed E-state index contributed by atoms with van der Waals surface area (Å²) >= 11 is 3.34. The molecule has 0 aliphatic carbocycles. The van der Waals surface area contributed by atoms with Gasteiger partial charge in [0.1, 0.15) is 10.7 Å². The third-order valence-electron chi connectivity index (χ3n) is 2.52. The molecule has 0 bridgehead atoms. The molecule has 0 saturated carbocycles. The highest BCUT2D eigenvalue weighted by Gasteiger charge is 2.13. The summed E-state index contributed by atoms with van der Waals surface area (Å²) in [5.74, 6) is 0. The quantitative estimate of drug-likeness (QED) is 0.714. The van der Waals surface area contributed by atoms with E-state index >= 15 is 0 Å². The maximum absolute atomic E-state index is 4.62. The van der Waals surface area contributed by atoms with Crippen molar-refractivity contribution in [2.24, 2.45) is 0 Å². The van der Waals surface area contributed by atoms with Crippen LogP contribution in [-0.4, -0.2) is 19.6 Å². The molecule has 3 aromatic rings. The fraction of sp³-hybridized carbons (Fsp3) is 0.364. The lowest BCUT2D eigenvalue weighted by atomic mass is 10.3. The molecule has 6 heteroatoms. The van der Waals surface area contributed by atoms with Crippen LogP contribution in [0.5, 0.6) is 0 Å². The average molecular weight is 264 g/mol. The highest BCUT2D eigenvalue weighted by atomic mass is 32.1. The molecule has 4 nitrogen and oxygen atoms in total. The van der Waals surface area contributed by atoms with Crippen LogP contribution in [0.4, 0.5) is 0 Å². The number of fused-ring (bicyclic) bond motifs is 1. The summed E-state index contributed by atoms with van der Waals surface area (Å²) in [6.45, 7) is 6.15. The first kappa shape index (κ1) is 10.9. The van der Waals surface area contributed by atoms with E-state index in [0.29, 0.717) is 0 Å². The van der Waals surface area contributed by atoms with Crippen LogP contribution in [0.25, 0.3) is 15.5 Å². The van der Waals surface area contributed by atoms with E-state index in [0.717, 1.165) is 37.7 Å². The van der Waals surface area contributed by atoms with E-state index in [2.05, 4.69) is 22.0 Å². The fourth-order valence-corrected chi connectivity index (χ4v) is 3.45. The predicted molar refractivity (Wildman–Crippen MR) is 70.8 cm³/mol. The molecule has 17 heavy (non-hydrogen) atoms. The van der Waals surface area contributed by atoms with Crippen LogP contribution < -0.4 is 0 Å². The van der Waals surface area contributed by atoms with E-state index in [9.17, 15) is 0 Å². The van der Waals surface area contributed by atoms with Crippen molar-refractivity contribution in [2.45, 2.75) is 27.2 Å². The van der Waals surface area contributed by atoms with Gasteiger partial charge in [0.05, 0.1) is 21.8 Å². The van der Waals surface area contributed by atoms with Crippen LogP contribution in [0.1, 0.15) is 22.6 Å². The van der Waals surface area contributed by atoms with Gasteiger partial charge in [0.25, 0.3) is 0 Å². The molecule has 0 radical (unpaired) electrons. The first-order chi connectivity index (χ1) is 8.17. The van der Waals surface area contributed by atoms with E-state index < -0.39 is 0 Å². The topological polar surface area (TPSA) is 43.1 Å². The number of imidazole rings is 1. The molecule has 0 spiro atoms. The second-order valence-corrected chi connectivity index (χ2v) is 6.09. The summed E-state index contributed by atoms with van der Waals surface area (Å²) in [7, 11) is 0. The van der Waals surface area contributed by atoms with Crippen molar-refractivity contribution < 1.29 is 0 Å². The van der Waals surface area contributed by atoms with Crippen LogP contribution >= 0.6 is 22.7 Å². The Morgan fingerprint density at radius 3 is 2.65 bits per heavy atom. The minimum Gasteiger partial charge on any atom is -0.246 e. The summed E-state index contributed by atoms with van der Waals surface area (Å²) in [4.78, 5) is 11.2. The maximum Gasteiger partial charge on any atom is 0.212 e. The fourth-order valence-electron chi connectivity index (χ4n) is 1.76. The number of rotatable bonds is 2. The zero-order valence-electron chi connectivity index (χ0n) is 9.89. The average Bonchev–Trinajstić information content (AvgIpc) is 2.89. The van der Waals surface area contributed by atoms with Gasteiger partial charge < -0.3 is 0 Å². The van der Waals surface area contributed by atoms with Crippen molar-refractivity contribution in [1.82, 2.24) is 19.6 Å². The molecular formula is C11H12N4S2. The van der Waals surface area contributed by atoms with Crippen LogP contribution in [0.2, 0.25) is 0 Å². The Labute approximate surface area is 107 Å². The monoisotopic (exact) mass is 264 g/mol. The van der Waals surface area contributed by atoms with E-state index in [4.69, 9.17) is 0 Å². The first-order valence-corrected chi connectivity index (χ1v) is 7.10. The number of hydrogen-bond donors (Lipinski definition) is 0. The molecule has 0 aromatic carbocycles. The van der Waals surface area contributed by atoms with Gasteiger partial charge in [-0.2, -0.15) is 5.10 Å². The van der Waals surface area contributed by atoms with Gasteiger partial charge >= 0.3 is 0 Å². The Kier molecular flexibility index (Phi) is 2.48. The Hall–Kier alpha value is -1.27. The van der Waals surface area contributed by atoms with E-state index in [1.807, 2.05) is 24.6 Å². The van der Waals surface area contributed by atoms with Crippen molar-refractivity contribution in [1.29, 1.82) is 0 Å². The van der Waals surface area contributed by atoms with Gasteiger partial charge in [-0.3, -0.25) is 0 Å². The van der Waals surface area contributed by atoms with E-state index in [1.165, 1.54) is 0 Å². The number of aryl methyl sites for hydroxylation is 3. The summed E-state index contributed by atoms with van der Waals surface area (Å²) in [5.41, 5.74) is 2.03. The van der Waals surface area contributed by atoms with E-state index in [-0.39, 0.29) is 0 Å². The molecule has 0 atom stereocenters. The third-order valence-corrected chi connectivity index (χ3v) is 4.69. The van der Waals surface area contributed by atoms with Gasteiger partial charge in [0.15, 0.2) is 0 Å². The van der Waals surface area contributed by atoms with Gasteiger partial charge in [0.2, 0.25) is 4.96 Å². The molecular weight excluding hydrogens is 252 g/mol. The molecule has 3 aromatic heterocycles. The van der Waals surface area contributed by atoms with Gasteiger partial charge in [-0.25, -0.2) is 14.5 Å². The predicted octanol–water partition coefficient (Wildman–Crippen LogP) is 3.09. The number of thiazole rings is 1. The van der Waals surface area contributed by atoms with Crippen molar-refractivity contribution in [3.63, 3.8) is 0 Å². The third kappa shape index (κ3) is 1.77. The summed E-state index contributed by atoms with van der Waals surface area (Å²) in [6, 6.07) is 0. The summed E-state index contributed by atoms with van der Waals surface area (Å²) in [5, 5.41) is 6.67. The van der Waals surface area contributed by atoms with Gasteiger partial charge in [-0.15, -0.1) is 11.3 Å². The number of hydrogen-bond acceptors (Lipinski definition) is 5. The second-order valence-electron chi connectivity index (χ2n) is 3.85. The Balaban J connectivity index is 2.12. The van der Waals surface area contributed by atoms with Crippen LogP contribution in [0.15, 0.2) is 6.20 Å². The molecule has 0 aliphatic rings. The minimum absolute atomic E-state index is 0.960. The smallest absolute Gasteiger partial charge is 0.212 e.